The molecule has 4 rings (SSSR count). The summed E-state index contributed by atoms with van der Waals surface area (Å²) in [5, 5.41) is 8.75. The van der Waals surface area contributed by atoms with Crippen molar-refractivity contribution in [3.05, 3.63) is 59.4 Å². The Morgan fingerprint density at radius 3 is 2.74 bits per heavy atom. The molecule has 0 N–H and O–H groups in total. The molecule has 0 saturated heterocycles. The fraction of sp³-hybridized carbons (Fsp3) is 0.0625. The third-order valence-electron chi connectivity index (χ3n) is 3.16. The van der Waals surface area contributed by atoms with E-state index in [9.17, 15) is 0 Å². The average molecular weight is 360 g/mol. The SMILES string of the molecule is Clc1ccccc1-c1nnc(CSc2nc3ccccc3s2)o1. The number of halogens is 1. The van der Waals surface area contributed by atoms with Crippen molar-refractivity contribution < 1.29 is 4.42 Å². The Kier molecular flexibility index (Phi) is 4.03. The van der Waals surface area contributed by atoms with Gasteiger partial charge in [-0.3, -0.25) is 0 Å². The van der Waals surface area contributed by atoms with Crippen molar-refractivity contribution in [2.24, 2.45) is 0 Å². The van der Waals surface area contributed by atoms with Gasteiger partial charge in [0.05, 0.1) is 26.6 Å². The zero-order chi connectivity index (χ0) is 15.6. The van der Waals surface area contributed by atoms with E-state index in [2.05, 4.69) is 21.2 Å². The Morgan fingerprint density at radius 2 is 1.87 bits per heavy atom. The maximum Gasteiger partial charge on any atom is 0.249 e. The zero-order valence-electron chi connectivity index (χ0n) is 11.8. The second kappa shape index (κ2) is 6.31. The minimum Gasteiger partial charge on any atom is -0.420 e. The van der Waals surface area contributed by atoms with E-state index in [0.29, 0.717) is 22.6 Å². The third kappa shape index (κ3) is 3.10. The molecule has 0 aliphatic rings. The first-order valence-corrected chi connectivity index (χ1v) is 9.03. The Balaban J connectivity index is 1.51. The van der Waals surface area contributed by atoms with Gasteiger partial charge >= 0.3 is 0 Å². The van der Waals surface area contributed by atoms with Gasteiger partial charge in [-0.15, -0.1) is 21.5 Å². The molecule has 0 aliphatic carbocycles. The van der Waals surface area contributed by atoms with Gasteiger partial charge < -0.3 is 4.42 Å². The summed E-state index contributed by atoms with van der Waals surface area (Å²) in [4.78, 5) is 4.58. The summed E-state index contributed by atoms with van der Waals surface area (Å²) in [6, 6.07) is 15.5. The van der Waals surface area contributed by atoms with Gasteiger partial charge in [0.15, 0.2) is 4.34 Å². The van der Waals surface area contributed by atoms with E-state index in [0.717, 1.165) is 15.4 Å². The summed E-state index contributed by atoms with van der Waals surface area (Å²) in [5.41, 5.74) is 1.76. The van der Waals surface area contributed by atoms with Crippen LogP contribution >= 0.6 is 34.7 Å². The number of thioether (sulfide) groups is 1. The Bertz CT molecular complexity index is 934. The smallest absolute Gasteiger partial charge is 0.249 e. The molecule has 0 bridgehead atoms. The van der Waals surface area contributed by atoms with Crippen LogP contribution < -0.4 is 0 Å². The number of para-hydroxylation sites is 1. The molecule has 0 aliphatic heterocycles. The minimum absolute atomic E-state index is 0.440. The maximum absolute atomic E-state index is 6.14. The summed E-state index contributed by atoms with van der Waals surface area (Å²) in [7, 11) is 0. The number of hydrogen-bond donors (Lipinski definition) is 0. The first-order valence-electron chi connectivity index (χ1n) is 6.85. The molecule has 0 spiro atoms. The molecule has 4 nitrogen and oxygen atoms in total. The van der Waals surface area contributed by atoms with Crippen LogP contribution in [0.3, 0.4) is 0 Å². The fourth-order valence-electron chi connectivity index (χ4n) is 2.09. The summed E-state index contributed by atoms with van der Waals surface area (Å²) in [6.45, 7) is 0. The lowest BCUT2D eigenvalue weighted by Crippen LogP contribution is -1.79. The van der Waals surface area contributed by atoms with Crippen molar-refractivity contribution in [1.29, 1.82) is 0 Å². The van der Waals surface area contributed by atoms with Crippen LogP contribution in [-0.2, 0) is 5.75 Å². The number of thiazole rings is 1. The topological polar surface area (TPSA) is 51.8 Å². The van der Waals surface area contributed by atoms with Gasteiger partial charge in [-0.1, -0.05) is 47.6 Å². The normalized spacial score (nSPS) is 11.2. The van der Waals surface area contributed by atoms with Gasteiger partial charge in [-0.25, -0.2) is 4.98 Å². The van der Waals surface area contributed by atoms with Crippen LogP contribution in [0.4, 0.5) is 0 Å². The molecule has 2 heterocycles. The van der Waals surface area contributed by atoms with Crippen LogP contribution in [-0.4, -0.2) is 15.2 Å². The Labute approximate surface area is 145 Å². The van der Waals surface area contributed by atoms with Crippen LogP contribution in [0.2, 0.25) is 5.02 Å². The van der Waals surface area contributed by atoms with Crippen molar-refractivity contribution in [3.8, 4) is 11.5 Å². The summed E-state index contributed by atoms with van der Waals surface area (Å²) in [5.74, 6) is 1.58. The monoisotopic (exact) mass is 359 g/mol. The van der Waals surface area contributed by atoms with E-state index in [1.807, 2.05) is 36.4 Å². The van der Waals surface area contributed by atoms with Crippen molar-refractivity contribution >= 4 is 44.9 Å². The average Bonchev–Trinajstić information content (AvgIpc) is 3.19. The highest BCUT2D eigenvalue weighted by molar-refractivity contribution is 8.00. The number of rotatable bonds is 4. The fourth-order valence-corrected chi connectivity index (χ4v) is 4.21. The number of nitrogens with zero attached hydrogens (tertiary/aromatic N) is 3. The lowest BCUT2D eigenvalue weighted by molar-refractivity contribution is 0.528. The maximum atomic E-state index is 6.14. The van der Waals surface area contributed by atoms with Crippen molar-refractivity contribution in [2.75, 3.05) is 0 Å². The third-order valence-corrected chi connectivity index (χ3v) is 5.66. The largest absolute Gasteiger partial charge is 0.420 e. The van der Waals surface area contributed by atoms with Gasteiger partial charge in [0, 0.05) is 0 Å². The molecule has 0 saturated carbocycles. The molecule has 2 aromatic heterocycles. The number of hydrogen-bond acceptors (Lipinski definition) is 6. The van der Waals surface area contributed by atoms with Crippen LogP contribution in [0.1, 0.15) is 5.89 Å². The van der Waals surface area contributed by atoms with Crippen molar-refractivity contribution in [2.45, 2.75) is 10.1 Å². The molecule has 23 heavy (non-hydrogen) atoms. The molecule has 0 unspecified atom stereocenters. The predicted molar refractivity (Wildman–Crippen MR) is 93.9 cm³/mol. The highest BCUT2D eigenvalue weighted by Crippen LogP contribution is 2.32. The van der Waals surface area contributed by atoms with Crippen molar-refractivity contribution in [3.63, 3.8) is 0 Å². The van der Waals surface area contributed by atoms with Gasteiger partial charge in [0.1, 0.15) is 0 Å². The minimum atomic E-state index is 0.440. The van der Waals surface area contributed by atoms with Gasteiger partial charge in [0.2, 0.25) is 11.8 Å². The lowest BCUT2D eigenvalue weighted by Gasteiger charge is -1.96. The van der Waals surface area contributed by atoms with Crippen LogP contribution in [0.25, 0.3) is 21.7 Å². The highest BCUT2D eigenvalue weighted by Gasteiger charge is 2.12. The second-order valence-electron chi connectivity index (χ2n) is 4.72. The first kappa shape index (κ1) is 14.7. The molecule has 0 amide bonds. The van der Waals surface area contributed by atoms with E-state index >= 15 is 0 Å². The molecular weight excluding hydrogens is 350 g/mol. The van der Waals surface area contributed by atoms with E-state index in [-0.39, 0.29) is 0 Å². The summed E-state index contributed by atoms with van der Waals surface area (Å²) in [6.07, 6.45) is 0. The van der Waals surface area contributed by atoms with E-state index < -0.39 is 0 Å². The van der Waals surface area contributed by atoms with Gasteiger partial charge in [-0.05, 0) is 24.3 Å². The molecular formula is C16H10ClN3OS2. The number of benzene rings is 2. The van der Waals surface area contributed by atoms with E-state index in [4.69, 9.17) is 16.0 Å². The standard InChI is InChI=1S/C16H10ClN3OS2/c17-11-6-2-1-5-10(11)15-20-19-14(21-15)9-22-16-18-12-7-3-4-8-13(12)23-16/h1-8H,9H2. The number of aromatic nitrogens is 3. The van der Waals surface area contributed by atoms with E-state index in [1.54, 1.807) is 29.2 Å². The molecule has 0 fully saturated rings. The molecule has 4 aromatic rings. The molecule has 0 atom stereocenters. The second-order valence-corrected chi connectivity index (χ2v) is 7.38. The quantitative estimate of drug-likeness (QED) is 0.463. The summed E-state index contributed by atoms with van der Waals surface area (Å²) < 4.78 is 7.86. The van der Waals surface area contributed by atoms with Gasteiger partial charge in [0.25, 0.3) is 0 Å². The first-order chi connectivity index (χ1) is 11.3. The number of fused-ring (bicyclic) bond motifs is 1. The lowest BCUT2D eigenvalue weighted by atomic mass is 10.2. The van der Waals surface area contributed by atoms with Crippen LogP contribution in [0.5, 0.6) is 0 Å². The Hall–Kier alpha value is -1.89. The predicted octanol–water partition coefficient (Wildman–Crippen LogP) is 5.29. The molecule has 7 heteroatoms. The van der Waals surface area contributed by atoms with Crippen molar-refractivity contribution in [1.82, 2.24) is 15.2 Å². The zero-order valence-corrected chi connectivity index (χ0v) is 14.2. The van der Waals surface area contributed by atoms with E-state index in [1.165, 1.54) is 4.70 Å². The Morgan fingerprint density at radius 1 is 1.04 bits per heavy atom. The molecule has 0 radical (unpaired) electrons. The van der Waals surface area contributed by atoms with Crippen LogP contribution in [0, 0.1) is 0 Å². The summed E-state index contributed by atoms with van der Waals surface area (Å²) >= 11 is 9.40. The highest BCUT2D eigenvalue weighted by atomic mass is 35.5. The molecule has 2 aromatic carbocycles. The van der Waals surface area contributed by atoms with Crippen LogP contribution in [0.15, 0.2) is 57.3 Å². The van der Waals surface area contributed by atoms with Gasteiger partial charge in [-0.2, -0.15) is 0 Å². The molecule has 114 valence electrons.